The van der Waals surface area contributed by atoms with Gasteiger partial charge >= 0.3 is 0 Å². The van der Waals surface area contributed by atoms with Crippen molar-refractivity contribution < 1.29 is 14.2 Å². The van der Waals surface area contributed by atoms with Gasteiger partial charge in [0, 0.05) is 69.0 Å². The second kappa shape index (κ2) is 16.5. The second-order valence-electron chi connectivity index (χ2n) is 11.2. The van der Waals surface area contributed by atoms with E-state index >= 15 is 0 Å². The summed E-state index contributed by atoms with van der Waals surface area (Å²) in [6, 6.07) is 5.67. The highest BCUT2D eigenvalue weighted by atomic mass is 16.5. The van der Waals surface area contributed by atoms with Crippen LogP contribution in [0.2, 0.25) is 0 Å². The maximum absolute atomic E-state index is 13.7. The maximum atomic E-state index is 13.7. The van der Waals surface area contributed by atoms with Gasteiger partial charge in [0.25, 0.3) is 5.56 Å². The summed E-state index contributed by atoms with van der Waals surface area (Å²) in [5, 5.41) is 3.37. The quantitative estimate of drug-likeness (QED) is 0.255. The molecular weight excluding hydrogens is 532 g/mol. The molecule has 1 aliphatic heterocycles. The summed E-state index contributed by atoms with van der Waals surface area (Å²) in [5.41, 5.74) is 2.65. The molecule has 3 aromatic rings. The van der Waals surface area contributed by atoms with Crippen molar-refractivity contribution in [2.75, 3.05) is 58.4 Å². The molecule has 0 bridgehead atoms. The van der Waals surface area contributed by atoms with E-state index in [1.54, 1.807) is 30.1 Å². The van der Waals surface area contributed by atoms with Crippen LogP contribution in [0, 0.1) is 5.41 Å². The van der Waals surface area contributed by atoms with Crippen molar-refractivity contribution in [1.82, 2.24) is 24.4 Å². The van der Waals surface area contributed by atoms with Crippen molar-refractivity contribution in [2.24, 2.45) is 5.41 Å². The largest absolute Gasteiger partial charge is 0.481 e. The summed E-state index contributed by atoms with van der Waals surface area (Å²) in [4.78, 5) is 29.8. The lowest BCUT2D eigenvalue weighted by atomic mass is 9.91. The van der Waals surface area contributed by atoms with Crippen LogP contribution in [0.5, 0.6) is 5.88 Å². The summed E-state index contributed by atoms with van der Waals surface area (Å²) >= 11 is 0. The van der Waals surface area contributed by atoms with Crippen molar-refractivity contribution in [2.45, 2.75) is 73.5 Å². The predicted molar refractivity (Wildman–Crippen MR) is 169 cm³/mol. The minimum absolute atomic E-state index is 0.0785. The van der Waals surface area contributed by atoms with E-state index in [1.807, 2.05) is 26.0 Å². The van der Waals surface area contributed by atoms with Crippen LogP contribution in [0.4, 0.5) is 5.82 Å². The van der Waals surface area contributed by atoms with E-state index in [-0.39, 0.29) is 11.0 Å². The van der Waals surface area contributed by atoms with Crippen molar-refractivity contribution in [3.63, 3.8) is 0 Å². The van der Waals surface area contributed by atoms with Gasteiger partial charge in [-0.15, -0.1) is 0 Å². The average molecular weight is 583 g/mol. The number of nitrogens with zero attached hydrogens (tertiary/aromatic N) is 5. The summed E-state index contributed by atoms with van der Waals surface area (Å²) in [6.45, 7) is 18.3. The Morgan fingerprint density at radius 2 is 1.88 bits per heavy atom. The zero-order valence-electron chi connectivity index (χ0n) is 26.6. The van der Waals surface area contributed by atoms with E-state index in [2.05, 4.69) is 52.9 Å². The number of hydrogen-bond donors (Lipinski definition) is 1. The van der Waals surface area contributed by atoms with Gasteiger partial charge in [-0.2, -0.15) is 0 Å². The first-order chi connectivity index (χ1) is 20.3. The molecule has 42 heavy (non-hydrogen) atoms. The molecule has 10 nitrogen and oxygen atoms in total. The Morgan fingerprint density at radius 3 is 2.57 bits per heavy atom. The van der Waals surface area contributed by atoms with Crippen molar-refractivity contribution in [3.8, 4) is 17.0 Å². The Morgan fingerprint density at radius 1 is 1.10 bits per heavy atom. The van der Waals surface area contributed by atoms with Gasteiger partial charge in [0.1, 0.15) is 0 Å². The Hall–Kier alpha value is -3.08. The van der Waals surface area contributed by atoms with Gasteiger partial charge in [-0.1, -0.05) is 34.6 Å². The van der Waals surface area contributed by atoms with Crippen molar-refractivity contribution in [3.05, 3.63) is 40.9 Å². The number of anilines is 1. The lowest BCUT2D eigenvalue weighted by molar-refractivity contribution is -0.00269. The fraction of sp³-hybridized carbons (Fsp3) is 0.625. The smallest absolute Gasteiger partial charge is 0.293 e. The first-order valence-electron chi connectivity index (χ1n) is 15.4. The Kier molecular flexibility index (Phi) is 13.2. The monoisotopic (exact) mass is 582 g/mol. The minimum atomic E-state index is -0.176. The number of fused-ring (bicyclic) bond motifs is 1. The van der Waals surface area contributed by atoms with Crippen LogP contribution in [0.1, 0.15) is 60.8 Å². The van der Waals surface area contributed by atoms with Crippen LogP contribution in [-0.2, 0) is 16.0 Å². The molecule has 1 aliphatic rings. The lowest BCUT2D eigenvalue weighted by Gasteiger charge is -2.38. The number of likely N-dealkylation sites (tertiary alicyclic amines) is 1. The maximum Gasteiger partial charge on any atom is 0.293 e. The number of hydrogen-bond acceptors (Lipinski definition) is 9. The molecule has 0 aromatic carbocycles. The van der Waals surface area contributed by atoms with Gasteiger partial charge in [-0.05, 0) is 50.3 Å². The van der Waals surface area contributed by atoms with E-state index < -0.39 is 0 Å². The fourth-order valence-electron chi connectivity index (χ4n) is 5.20. The van der Waals surface area contributed by atoms with Crippen molar-refractivity contribution in [1.29, 1.82) is 0 Å². The first kappa shape index (κ1) is 33.4. The fourth-order valence-corrected chi connectivity index (χ4v) is 5.20. The molecule has 4 heterocycles. The number of methoxy groups -OCH3 is 1. The van der Waals surface area contributed by atoms with Gasteiger partial charge in [-0.3, -0.25) is 9.36 Å². The Balaban J connectivity index is 0.00000237. The van der Waals surface area contributed by atoms with E-state index in [0.29, 0.717) is 55.3 Å². The molecule has 1 unspecified atom stereocenters. The minimum Gasteiger partial charge on any atom is -0.481 e. The lowest BCUT2D eigenvalue weighted by Crippen LogP contribution is -2.46. The summed E-state index contributed by atoms with van der Waals surface area (Å²) < 4.78 is 18.5. The molecule has 0 radical (unpaired) electrons. The standard InChI is InChI=1S/C30H44N6O4.C2H6/c1-6-14-39-15-13-36-25-16-23(22-10-11-26(38-5)31-17-22)18-32-27(25)34-28(29(36)37)33-20-30(3,4)21-35-12-8-9-24(19-35)40-7-2;1-2/h10-11,16-18,24H,6-9,12-15,19-21H2,1-5H3,(H,32,33,34);1-2H3. The number of nitrogens with one attached hydrogen (secondary N) is 1. The normalized spacial score (nSPS) is 15.7. The third kappa shape index (κ3) is 9.21. The highest BCUT2D eigenvalue weighted by Crippen LogP contribution is 2.24. The number of aromatic nitrogens is 4. The molecule has 1 atom stereocenters. The molecule has 3 aromatic heterocycles. The molecule has 4 rings (SSSR count). The SMILES string of the molecule is CC.CCCOCCn1c(=O)c(NCC(C)(C)CN2CCCC(OCC)C2)nc2ncc(-c3ccc(OC)nc3)cc21. The number of pyridine rings is 2. The van der Waals surface area contributed by atoms with Gasteiger partial charge in [0.2, 0.25) is 5.88 Å². The van der Waals surface area contributed by atoms with Crippen LogP contribution >= 0.6 is 0 Å². The van der Waals surface area contributed by atoms with E-state index in [1.165, 1.54) is 0 Å². The van der Waals surface area contributed by atoms with Gasteiger partial charge in [0.15, 0.2) is 11.5 Å². The second-order valence-corrected chi connectivity index (χ2v) is 11.2. The van der Waals surface area contributed by atoms with E-state index in [4.69, 9.17) is 14.2 Å². The summed E-state index contributed by atoms with van der Waals surface area (Å²) in [5.74, 6) is 0.852. The molecule has 232 valence electrons. The van der Waals surface area contributed by atoms with E-state index in [0.717, 1.165) is 56.6 Å². The first-order valence-corrected chi connectivity index (χ1v) is 15.4. The summed E-state index contributed by atoms with van der Waals surface area (Å²) in [7, 11) is 1.59. The molecule has 0 spiro atoms. The van der Waals surface area contributed by atoms with Gasteiger partial charge in [-0.25, -0.2) is 15.0 Å². The number of piperidine rings is 1. The molecule has 1 saturated heterocycles. The van der Waals surface area contributed by atoms with Crippen LogP contribution in [0.15, 0.2) is 35.4 Å². The summed E-state index contributed by atoms with van der Waals surface area (Å²) in [6.07, 6.45) is 6.99. The van der Waals surface area contributed by atoms with Crippen LogP contribution < -0.4 is 15.6 Å². The zero-order chi connectivity index (χ0) is 30.5. The third-order valence-electron chi connectivity index (χ3n) is 7.14. The average Bonchev–Trinajstić information content (AvgIpc) is 3.00. The predicted octanol–water partition coefficient (Wildman–Crippen LogP) is 5.25. The molecule has 0 saturated carbocycles. The van der Waals surface area contributed by atoms with Crippen molar-refractivity contribution >= 4 is 17.0 Å². The molecule has 0 aliphatic carbocycles. The highest BCUT2D eigenvalue weighted by molar-refractivity contribution is 5.78. The topological polar surface area (TPSA) is 104 Å². The molecule has 1 N–H and O–H groups in total. The molecule has 0 amide bonds. The van der Waals surface area contributed by atoms with Gasteiger partial charge < -0.3 is 24.4 Å². The molecular formula is C32H50N6O4. The van der Waals surface area contributed by atoms with Crippen LogP contribution in [0.3, 0.4) is 0 Å². The highest BCUT2D eigenvalue weighted by Gasteiger charge is 2.27. The Bertz CT molecular complexity index is 1290. The zero-order valence-corrected chi connectivity index (χ0v) is 26.6. The van der Waals surface area contributed by atoms with Crippen LogP contribution in [-0.4, -0.2) is 83.6 Å². The number of rotatable bonds is 14. The number of ether oxygens (including phenoxy) is 3. The van der Waals surface area contributed by atoms with E-state index in [9.17, 15) is 4.79 Å². The Labute approximate surface area is 250 Å². The van der Waals surface area contributed by atoms with Gasteiger partial charge in [0.05, 0.1) is 25.3 Å². The molecule has 1 fully saturated rings. The third-order valence-corrected chi connectivity index (χ3v) is 7.14. The van der Waals surface area contributed by atoms with Crippen LogP contribution in [0.25, 0.3) is 22.3 Å². The molecule has 10 heteroatoms.